The molecule has 2 bridgehead atoms. The number of fused-ring (bicyclic) bond motifs is 9. The van der Waals surface area contributed by atoms with Crippen molar-refractivity contribution < 1.29 is 23.1 Å². The summed E-state index contributed by atoms with van der Waals surface area (Å²) in [5.41, 5.74) is 3.26. The maximum absolute atomic E-state index is 13.7. The van der Waals surface area contributed by atoms with E-state index in [2.05, 4.69) is 15.3 Å². The molecule has 15 heteroatoms. The van der Waals surface area contributed by atoms with Crippen molar-refractivity contribution in [3.63, 3.8) is 0 Å². The van der Waals surface area contributed by atoms with Crippen LogP contribution in [0, 0.1) is 0 Å². The normalized spacial score (nSPS) is 20.1. The minimum absolute atomic E-state index is 0.000885. The molecule has 0 spiro atoms. The second-order valence-electron chi connectivity index (χ2n) is 10.8. The van der Waals surface area contributed by atoms with E-state index in [1.54, 1.807) is 12.4 Å². The molecule has 210 valence electrons. The predicted octanol–water partition coefficient (Wildman–Crippen LogP) is 2.03. The van der Waals surface area contributed by atoms with Crippen LogP contribution in [-0.2, 0) is 4.79 Å². The minimum Gasteiger partial charge on any atom is -0.434 e. The zero-order valence-corrected chi connectivity index (χ0v) is 22.8. The summed E-state index contributed by atoms with van der Waals surface area (Å²) in [6.07, 6.45) is 4.05. The van der Waals surface area contributed by atoms with Gasteiger partial charge in [-0.3, -0.25) is 9.59 Å². The van der Waals surface area contributed by atoms with Gasteiger partial charge in [-0.1, -0.05) is 17.4 Å². The van der Waals surface area contributed by atoms with Gasteiger partial charge in [0.15, 0.2) is 0 Å². The Morgan fingerprint density at radius 2 is 1.81 bits per heavy atom. The standard InChI is InChI=1S/C28H22B3F2N7O3/c29-28(30,31)40-20-11-19(23-16(25(40)42)2-1-3-21(23)43-26(32)33)39-18-10-14(4-5-17(18)37-24(20)39)15-12-35-27(36-13-15)38-8-6-22(41)34-7-9-38/h1-5,10,12-13,19-20,26H,6-9,11H2,(H,34,41)/t19-,20-/m1/s1. The summed E-state index contributed by atoms with van der Waals surface area (Å²) in [5, 5.41) is 0.783. The number of rotatable bonds is 5. The number of imidazole rings is 1. The van der Waals surface area contributed by atoms with Gasteiger partial charge in [0.25, 0.3) is 5.91 Å². The summed E-state index contributed by atoms with van der Waals surface area (Å²) in [4.78, 5) is 42.4. The summed E-state index contributed by atoms with van der Waals surface area (Å²) in [5.74, 6) is 0.279. The summed E-state index contributed by atoms with van der Waals surface area (Å²) in [6, 6.07) is 8.69. The molecule has 2 atom stereocenters. The first kappa shape index (κ1) is 27.4. The van der Waals surface area contributed by atoms with E-state index in [1.165, 1.54) is 18.2 Å². The zero-order chi connectivity index (χ0) is 30.0. The fourth-order valence-electron chi connectivity index (χ4n) is 6.33. The molecule has 2 aromatic carbocycles. The quantitative estimate of drug-likeness (QED) is 0.364. The molecule has 1 fully saturated rings. The van der Waals surface area contributed by atoms with Crippen LogP contribution in [0.1, 0.15) is 46.7 Å². The molecule has 3 aliphatic heterocycles. The van der Waals surface area contributed by atoms with Crippen molar-refractivity contribution in [3.05, 3.63) is 65.7 Å². The molecule has 1 N–H and O–H groups in total. The van der Waals surface area contributed by atoms with Gasteiger partial charge in [-0.25, -0.2) is 15.0 Å². The third-order valence-corrected chi connectivity index (χ3v) is 8.13. The van der Waals surface area contributed by atoms with Crippen molar-refractivity contribution in [1.29, 1.82) is 0 Å². The highest BCUT2D eigenvalue weighted by Gasteiger charge is 2.48. The van der Waals surface area contributed by atoms with Crippen LogP contribution in [-0.4, -0.2) is 91.3 Å². The smallest absolute Gasteiger partial charge is 0.387 e. The first-order valence-electron chi connectivity index (χ1n) is 13.7. The summed E-state index contributed by atoms with van der Waals surface area (Å²) < 4.78 is 33.8. The van der Waals surface area contributed by atoms with Crippen molar-refractivity contribution >= 4 is 52.3 Å². The molecule has 0 unspecified atom stereocenters. The highest BCUT2D eigenvalue weighted by atomic mass is 19.3. The Morgan fingerprint density at radius 1 is 1.02 bits per heavy atom. The number of carbonyl (C=O) groups excluding carboxylic acids is 2. The molecule has 6 radical (unpaired) electrons. The lowest BCUT2D eigenvalue weighted by atomic mass is 9.48. The van der Waals surface area contributed by atoms with Crippen molar-refractivity contribution in [2.75, 3.05) is 24.5 Å². The molecular formula is C28H22B3F2N7O3. The van der Waals surface area contributed by atoms with E-state index in [-0.39, 0.29) is 29.2 Å². The number of nitrogens with one attached hydrogen (secondary N) is 1. The Labute approximate surface area is 249 Å². The number of hydrogen-bond donors (Lipinski definition) is 1. The highest BCUT2D eigenvalue weighted by molar-refractivity contribution is 6.60. The van der Waals surface area contributed by atoms with Crippen molar-refractivity contribution in [1.82, 2.24) is 29.7 Å². The fourth-order valence-corrected chi connectivity index (χ4v) is 6.33. The monoisotopic (exact) mass is 575 g/mol. The Balaban J connectivity index is 1.33. The molecule has 7 rings (SSSR count). The molecule has 5 heterocycles. The third kappa shape index (κ3) is 4.61. The van der Waals surface area contributed by atoms with E-state index in [0.717, 1.165) is 16.0 Å². The second kappa shape index (κ2) is 10.1. The van der Waals surface area contributed by atoms with Crippen LogP contribution in [0.2, 0.25) is 0 Å². The maximum atomic E-state index is 13.7. The SMILES string of the molecule is [B]C([B])([B])N1C(=O)c2cccc(OC(F)F)c2[C@H]2C[C@@H]1c1nc3ccc(-c4cnc(N5CCNC(=O)CC5)nc4)cc3n12. The number of nitrogens with zero attached hydrogens (tertiary/aromatic N) is 6. The highest BCUT2D eigenvalue weighted by Crippen LogP contribution is 2.51. The number of anilines is 1. The van der Waals surface area contributed by atoms with Gasteiger partial charge < -0.3 is 24.4 Å². The van der Waals surface area contributed by atoms with Crippen LogP contribution in [0.4, 0.5) is 14.7 Å². The number of carbonyl (C=O) groups is 2. The van der Waals surface area contributed by atoms with Gasteiger partial charge in [-0.05, 0) is 29.8 Å². The molecule has 10 nitrogen and oxygen atoms in total. The summed E-state index contributed by atoms with van der Waals surface area (Å²) >= 11 is 0. The van der Waals surface area contributed by atoms with Gasteiger partial charge in [0.05, 0.1) is 46.7 Å². The average Bonchev–Trinajstić information content (AvgIpc) is 3.36. The van der Waals surface area contributed by atoms with Crippen LogP contribution < -0.4 is 15.0 Å². The van der Waals surface area contributed by atoms with E-state index in [0.29, 0.717) is 48.9 Å². The van der Waals surface area contributed by atoms with Gasteiger partial charge in [0.1, 0.15) is 11.6 Å². The average molecular weight is 575 g/mol. The lowest BCUT2D eigenvalue weighted by molar-refractivity contribution is -0.120. The lowest BCUT2D eigenvalue weighted by Crippen LogP contribution is -2.54. The predicted molar refractivity (Wildman–Crippen MR) is 155 cm³/mol. The number of benzene rings is 2. The number of ether oxygens (including phenoxy) is 1. The van der Waals surface area contributed by atoms with Crippen molar-refractivity contribution in [3.8, 4) is 16.9 Å². The van der Waals surface area contributed by atoms with E-state index < -0.39 is 29.8 Å². The van der Waals surface area contributed by atoms with Gasteiger partial charge in [-0.15, -0.1) is 0 Å². The first-order chi connectivity index (χ1) is 20.6. The summed E-state index contributed by atoms with van der Waals surface area (Å²) in [7, 11) is 18.3. The molecule has 4 aromatic rings. The largest absolute Gasteiger partial charge is 0.434 e. The molecule has 0 saturated carbocycles. The maximum Gasteiger partial charge on any atom is 0.387 e. The fraction of sp³-hybridized carbons (Fsp3) is 0.321. The van der Waals surface area contributed by atoms with E-state index in [1.807, 2.05) is 27.7 Å². The number of hydrogen-bond acceptors (Lipinski definition) is 7. The van der Waals surface area contributed by atoms with Gasteiger partial charge in [0.2, 0.25) is 11.9 Å². The summed E-state index contributed by atoms with van der Waals surface area (Å²) in [6.45, 7) is -1.45. The van der Waals surface area contributed by atoms with Gasteiger partial charge in [-0.2, -0.15) is 8.78 Å². The molecule has 3 aliphatic rings. The number of aromatic nitrogens is 4. The Morgan fingerprint density at radius 3 is 2.56 bits per heavy atom. The number of amides is 2. The van der Waals surface area contributed by atoms with Crippen LogP contribution in [0.15, 0.2) is 48.8 Å². The van der Waals surface area contributed by atoms with Gasteiger partial charge in [0, 0.05) is 61.6 Å². The second-order valence-corrected chi connectivity index (χ2v) is 10.8. The van der Waals surface area contributed by atoms with Crippen LogP contribution >= 0.6 is 0 Å². The lowest BCUT2D eigenvalue weighted by Gasteiger charge is -2.41. The first-order valence-corrected chi connectivity index (χ1v) is 13.7. The van der Waals surface area contributed by atoms with Crippen LogP contribution in [0.3, 0.4) is 0 Å². The molecule has 43 heavy (non-hydrogen) atoms. The van der Waals surface area contributed by atoms with Crippen LogP contribution in [0.5, 0.6) is 5.75 Å². The minimum atomic E-state index is -3.10. The van der Waals surface area contributed by atoms with Gasteiger partial charge >= 0.3 is 6.61 Å². The van der Waals surface area contributed by atoms with Crippen LogP contribution in [0.25, 0.3) is 22.2 Å². The van der Waals surface area contributed by atoms with Crippen molar-refractivity contribution in [2.24, 2.45) is 0 Å². The zero-order valence-electron chi connectivity index (χ0n) is 22.8. The van der Waals surface area contributed by atoms with Crippen molar-refractivity contribution in [2.45, 2.75) is 36.8 Å². The Kier molecular flexibility index (Phi) is 6.44. The molecule has 0 aliphatic carbocycles. The topological polar surface area (TPSA) is 105 Å². The molecule has 1 saturated heterocycles. The molecule has 2 amide bonds. The van der Waals surface area contributed by atoms with E-state index >= 15 is 0 Å². The molecular weight excluding hydrogens is 553 g/mol. The Bertz CT molecular complexity index is 1760. The molecule has 2 aromatic heterocycles. The van der Waals surface area contributed by atoms with E-state index in [9.17, 15) is 18.4 Å². The number of halogens is 2. The van der Waals surface area contributed by atoms with E-state index in [4.69, 9.17) is 33.3 Å². The number of alkyl halides is 2. The Hall–Kier alpha value is -4.42. The third-order valence-electron chi connectivity index (χ3n) is 8.13.